The zero-order valence-corrected chi connectivity index (χ0v) is 21.7. The Morgan fingerprint density at radius 3 is 2.69 bits per heavy atom. The van der Waals surface area contributed by atoms with Gasteiger partial charge in [-0.3, -0.25) is 14.5 Å². The number of imidazole rings is 1. The number of carboxylic acids is 1. The fourth-order valence-corrected chi connectivity index (χ4v) is 6.47. The topological polar surface area (TPSA) is 86.5 Å². The van der Waals surface area contributed by atoms with E-state index in [0.717, 1.165) is 16.8 Å². The number of alkyl halides is 3. The smallest absolute Gasteiger partial charge is 0.487 e. The van der Waals surface area contributed by atoms with Gasteiger partial charge in [-0.05, 0) is 61.6 Å². The molecule has 0 saturated heterocycles. The Bertz CT molecular complexity index is 1540. The average molecular weight is 540 g/mol. The summed E-state index contributed by atoms with van der Waals surface area (Å²) in [6.45, 7) is 6.00. The second-order valence-corrected chi connectivity index (χ2v) is 11.1. The highest BCUT2D eigenvalue weighted by molar-refractivity contribution is 5.80. The lowest BCUT2D eigenvalue weighted by Gasteiger charge is -2.51. The number of hydrogen-bond donors (Lipinski definition) is 1. The Morgan fingerprint density at radius 1 is 1.21 bits per heavy atom. The monoisotopic (exact) mass is 539 g/mol. The van der Waals surface area contributed by atoms with Gasteiger partial charge in [-0.15, -0.1) is 13.2 Å². The van der Waals surface area contributed by atoms with Gasteiger partial charge in [-0.25, -0.2) is 4.98 Å². The number of carboxylic acid groups (broad SMARTS) is 1. The van der Waals surface area contributed by atoms with E-state index in [1.54, 1.807) is 18.3 Å². The summed E-state index contributed by atoms with van der Waals surface area (Å²) in [5.41, 5.74) is 2.07. The summed E-state index contributed by atoms with van der Waals surface area (Å²) >= 11 is 0. The van der Waals surface area contributed by atoms with E-state index in [1.807, 2.05) is 42.7 Å². The number of aryl methyl sites for hydroxylation is 1. The second-order valence-electron chi connectivity index (χ2n) is 11.1. The molecule has 0 radical (unpaired) electrons. The van der Waals surface area contributed by atoms with E-state index in [9.17, 15) is 23.1 Å². The number of halogens is 3. The van der Waals surface area contributed by atoms with Crippen molar-refractivity contribution in [1.82, 2.24) is 14.5 Å². The molecule has 0 fully saturated rings. The quantitative estimate of drug-likeness (QED) is 0.396. The summed E-state index contributed by atoms with van der Waals surface area (Å²) in [5.74, 6) is -1.33. The van der Waals surface area contributed by atoms with Crippen LogP contribution in [0.4, 0.5) is 13.2 Å². The van der Waals surface area contributed by atoms with Gasteiger partial charge in [0.05, 0.1) is 28.6 Å². The molecule has 2 unspecified atom stereocenters. The molecule has 4 atom stereocenters. The van der Waals surface area contributed by atoms with E-state index < -0.39 is 35.2 Å². The normalized spacial score (nSPS) is 27.8. The van der Waals surface area contributed by atoms with Crippen molar-refractivity contribution in [2.45, 2.75) is 64.6 Å². The predicted octanol–water partition coefficient (Wildman–Crippen LogP) is 6.08. The second kappa shape index (κ2) is 8.67. The molecule has 6 rings (SSSR count). The van der Waals surface area contributed by atoms with Crippen molar-refractivity contribution in [1.29, 1.82) is 0 Å². The van der Waals surface area contributed by atoms with Crippen LogP contribution in [0.15, 0.2) is 59.8 Å². The number of pyridine rings is 1. The lowest BCUT2D eigenvalue weighted by molar-refractivity contribution is -0.350. The van der Waals surface area contributed by atoms with Crippen molar-refractivity contribution in [3.63, 3.8) is 0 Å². The van der Waals surface area contributed by atoms with Gasteiger partial charge in [0.1, 0.15) is 23.8 Å². The number of ether oxygens (including phenoxy) is 2. The van der Waals surface area contributed by atoms with E-state index in [4.69, 9.17) is 9.72 Å². The number of carbonyl (C=O) groups is 1. The van der Waals surface area contributed by atoms with Crippen molar-refractivity contribution >= 4 is 17.0 Å². The van der Waals surface area contributed by atoms with Crippen LogP contribution >= 0.6 is 0 Å². The third-order valence-electron chi connectivity index (χ3n) is 8.25. The minimum atomic E-state index is -4.84. The summed E-state index contributed by atoms with van der Waals surface area (Å²) in [6.07, 6.45) is 0.561. The summed E-state index contributed by atoms with van der Waals surface area (Å²) in [7, 11) is 0. The zero-order chi connectivity index (χ0) is 27.7. The third kappa shape index (κ3) is 4.30. The van der Waals surface area contributed by atoms with E-state index in [-0.39, 0.29) is 19.4 Å². The van der Waals surface area contributed by atoms with E-state index >= 15 is 0 Å². The first-order valence-corrected chi connectivity index (χ1v) is 12.9. The molecule has 1 aliphatic heterocycles. The van der Waals surface area contributed by atoms with Crippen molar-refractivity contribution in [2.24, 2.45) is 11.3 Å². The third-order valence-corrected chi connectivity index (χ3v) is 8.25. The first-order chi connectivity index (χ1) is 18.4. The molecule has 0 bridgehead atoms. The molecule has 1 N–H and O–H groups in total. The van der Waals surface area contributed by atoms with Crippen LogP contribution in [0.1, 0.15) is 49.7 Å². The van der Waals surface area contributed by atoms with Crippen molar-refractivity contribution in [3.8, 4) is 5.75 Å². The van der Waals surface area contributed by atoms with Crippen LogP contribution in [0.3, 0.4) is 0 Å². The number of allylic oxidation sites excluding steroid dienone is 2. The summed E-state index contributed by atoms with van der Waals surface area (Å²) in [5, 5.41) is 10.2. The van der Waals surface area contributed by atoms with Gasteiger partial charge in [0, 0.05) is 24.2 Å². The summed E-state index contributed by atoms with van der Waals surface area (Å²) in [6, 6.07) is 9.38. The van der Waals surface area contributed by atoms with Crippen LogP contribution in [0, 0.1) is 18.3 Å². The van der Waals surface area contributed by atoms with Crippen LogP contribution in [0.2, 0.25) is 0 Å². The average Bonchev–Trinajstić information content (AvgIpc) is 3.22. The highest BCUT2D eigenvalue weighted by atomic mass is 19.4. The number of benzene rings is 1. The van der Waals surface area contributed by atoms with Crippen molar-refractivity contribution in [2.75, 3.05) is 0 Å². The molecule has 2 aliphatic carbocycles. The maximum absolute atomic E-state index is 13.4. The zero-order valence-electron chi connectivity index (χ0n) is 21.7. The number of nitrogens with zero attached hydrogens (tertiary/aromatic N) is 3. The fraction of sp³-hybridized carbons (Fsp3) is 0.414. The number of fused-ring (bicyclic) bond motifs is 4. The molecular formula is C29H28F3N3O4. The lowest BCUT2D eigenvalue weighted by atomic mass is 9.58. The molecule has 39 heavy (non-hydrogen) atoms. The summed E-state index contributed by atoms with van der Waals surface area (Å²) < 4.78 is 52.9. The Hall–Kier alpha value is -3.66. The largest absolute Gasteiger partial charge is 0.523 e. The molecule has 2 aromatic heterocycles. The number of aromatic nitrogens is 3. The van der Waals surface area contributed by atoms with E-state index in [0.29, 0.717) is 34.8 Å². The van der Waals surface area contributed by atoms with Gasteiger partial charge in [0.2, 0.25) is 0 Å². The minimum absolute atomic E-state index is 0.195. The maximum Gasteiger partial charge on any atom is 0.523 e. The molecular weight excluding hydrogens is 511 g/mol. The number of hydrogen-bond acceptors (Lipinski definition) is 5. The van der Waals surface area contributed by atoms with Crippen LogP contribution in [-0.4, -0.2) is 37.6 Å². The van der Waals surface area contributed by atoms with Crippen LogP contribution in [0.5, 0.6) is 5.75 Å². The van der Waals surface area contributed by atoms with Gasteiger partial charge in [-0.1, -0.05) is 25.1 Å². The van der Waals surface area contributed by atoms with Gasteiger partial charge in [-0.2, -0.15) is 0 Å². The Morgan fingerprint density at radius 2 is 2.00 bits per heavy atom. The molecule has 0 amide bonds. The lowest BCUT2D eigenvalue weighted by Crippen LogP contribution is -2.49. The minimum Gasteiger partial charge on any atom is -0.487 e. The number of rotatable bonds is 5. The van der Waals surface area contributed by atoms with Crippen LogP contribution in [-0.2, 0) is 22.7 Å². The van der Waals surface area contributed by atoms with Crippen molar-refractivity contribution < 1.29 is 32.5 Å². The van der Waals surface area contributed by atoms with Gasteiger partial charge >= 0.3 is 12.3 Å². The predicted molar refractivity (Wildman–Crippen MR) is 136 cm³/mol. The molecule has 3 heterocycles. The Labute approximate surface area is 223 Å². The first-order valence-electron chi connectivity index (χ1n) is 12.9. The molecule has 3 aromatic rings. The SMILES string of the molecule is Cc1ccc(COc2ccc3nc4n(c3c2)CC2(C)C=CC(C)(OC(F)(F)F)C3=C2[C@@H]4[C@@H](C(=O)O)CC3)nc1. The fourth-order valence-electron chi connectivity index (χ4n) is 6.47. The molecule has 204 valence electrons. The van der Waals surface area contributed by atoms with E-state index in [1.165, 1.54) is 13.0 Å². The molecule has 10 heteroatoms. The van der Waals surface area contributed by atoms with Crippen molar-refractivity contribution in [3.05, 3.63) is 76.9 Å². The van der Waals surface area contributed by atoms with Crippen LogP contribution in [0.25, 0.3) is 11.0 Å². The van der Waals surface area contributed by atoms with Crippen LogP contribution < -0.4 is 4.74 Å². The highest BCUT2D eigenvalue weighted by Crippen LogP contribution is 2.59. The molecule has 0 saturated carbocycles. The van der Waals surface area contributed by atoms with E-state index in [2.05, 4.69) is 9.72 Å². The maximum atomic E-state index is 13.4. The molecule has 1 aromatic carbocycles. The first kappa shape index (κ1) is 25.6. The summed E-state index contributed by atoms with van der Waals surface area (Å²) in [4.78, 5) is 21.6. The van der Waals surface area contributed by atoms with Gasteiger partial charge in [0.15, 0.2) is 0 Å². The Kier molecular flexibility index (Phi) is 5.70. The Balaban J connectivity index is 1.45. The molecule has 3 aliphatic rings. The standard InChI is InChI=1S/C29H28F3N3O4/c1-16-4-5-17(33-13-16)14-38-18-6-9-21-22(12-18)35-15-27(2)10-11-28(3,39-29(30,31)32)20-8-7-19(26(36)37)23(24(20)27)25(35)34-21/h4-6,9-13,19,23H,7-8,14-15H2,1-3H3,(H,36,37)/t19-,23-,27?,28?/m0/s1. The number of aliphatic carboxylic acids is 1. The highest BCUT2D eigenvalue weighted by Gasteiger charge is 2.55. The molecule has 0 spiro atoms. The van der Waals surface area contributed by atoms with Gasteiger partial charge < -0.3 is 14.4 Å². The molecule has 7 nitrogen and oxygen atoms in total. The van der Waals surface area contributed by atoms with Gasteiger partial charge in [0.25, 0.3) is 0 Å².